The van der Waals surface area contributed by atoms with Gasteiger partial charge in [0.05, 0.1) is 24.5 Å². The molecule has 2 N–H and O–H groups in total. The first-order valence-corrected chi connectivity index (χ1v) is 8.34. The van der Waals surface area contributed by atoms with E-state index < -0.39 is 0 Å². The molecule has 3 rings (SSSR count). The molecule has 0 fully saturated rings. The quantitative estimate of drug-likeness (QED) is 0.752. The van der Waals surface area contributed by atoms with Crippen LogP contribution >= 0.6 is 12.6 Å². The number of nitrogens with one attached hydrogen (secondary N) is 2. The van der Waals surface area contributed by atoms with Crippen LogP contribution in [0.2, 0.25) is 0 Å². The first kappa shape index (κ1) is 16.0. The maximum absolute atomic E-state index is 4.62. The minimum atomic E-state index is 0.576. The third-order valence-corrected chi connectivity index (χ3v) is 4.25. The lowest BCUT2D eigenvalue weighted by Gasteiger charge is -2.26. The molecule has 0 saturated carbocycles. The number of guanidine groups is 1. The number of hydrogen-bond acceptors (Lipinski definition) is 7. The largest absolute Gasteiger partial charge is 0.343 e. The minimum Gasteiger partial charge on any atom is -0.343 e. The molecular formula is C16H22N6S. The molecule has 0 amide bonds. The second-order valence-corrected chi connectivity index (χ2v) is 6.26. The highest BCUT2D eigenvalue weighted by atomic mass is 32.1. The number of anilines is 1. The summed E-state index contributed by atoms with van der Waals surface area (Å²) in [7, 11) is 0. The zero-order chi connectivity index (χ0) is 16.4. The van der Waals surface area contributed by atoms with Gasteiger partial charge in [0, 0.05) is 17.7 Å². The average Bonchev–Trinajstić information content (AvgIpc) is 2.52. The van der Waals surface area contributed by atoms with Crippen LogP contribution in [0, 0.1) is 20.8 Å². The summed E-state index contributed by atoms with van der Waals surface area (Å²) in [6.45, 7) is 8.53. The number of nitrogens with zero attached hydrogens (tertiary/aromatic N) is 4. The molecule has 0 spiro atoms. The lowest BCUT2D eigenvalue weighted by Crippen LogP contribution is -2.46. The van der Waals surface area contributed by atoms with E-state index in [0.717, 1.165) is 35.6 Å². The lowest BCUT2D eigenvalue weighted by atomic mass is 10.1. The summed E-state index contributed by atoms with van der Waals surface area (Å²) in [5.41, 5.74) is 4.41. The SMILES string of the molecule is Cc1cc2nc(NC3=NCN(CCS)CN3)nc(C)c2cc1C. The normalized spacial score (nSPS) is 15.4. The van der Waals surface area contributed by atoms with Gasteiger partial charge in [-0.15, -0.1) is 0 Å². The molecule has 23 heavy (non-hydrogen) atoms. The van der Waals surface area contributed by atoms with E-state index >= 15 is 0 Å². The number of aryl methyl sites for hydroxylation is 3. The Labute approximate surface area is 141 Å². The molecular weight excluding hydrogens is 308 g/mol. The standard InChI is InChI=1S/C16H22N6S/c1-10-6-13-12(3)19-16(20-14(13)7-11(10)2)21-15-17-8-22(4-5-23)9-18-15/h6-7,23H,4-5,8-9H2,1-3H3,(H2,17,18,19,20,21). The Kier molecular flexibility index (Phi) is 4.68. The summed E-state index contributed by atoms with van der Waals surface area (Å²) >= 11 is 4.24. The van der Waals surface area contributed by atoms with Crippen molar-refractivity contribution in [2.24, 2.45) is 4.99 Å². The first-order chi connectivity index (χ1) is 11.1. The highest BCUT2D eigenvalue weighted by molar-refractivity contribution is 7.80. The molecule has 0 aliphatic carbocycles. The Bertz CT molecular complexity index is 758. The van der Waals surface area contributed by atoms with Crippen molar-refractivity contribution in [2.75, 3.05) is 31.0 Å². The lowest BCUT2D eigenvalue weighted by molar-refractivity contribution is 0.282. The Morgan fingerprint density at radius 1 is 1.22 bits per heavy atom. The fourth-order valence-corrected chi connectivity index (χ4v) is 2.82. The van der Waals surface area contributed by atoms with Crippen LogP contribution in [0.3, 0.4) is 0 Å². The fourth-order valence-electron chi connectivity index (χ4n) is 2.54. The van der Waals surface area contributed by atoms with Gasteiger partial charge in [-0.2, -0.15) is 12.6 Å². The number of aliphatic imine (C=N–C) groups is 1. The topological polar surface area (TPSA) is 65.4 Å². The van der Waals surface area contributed by atoms with E-state index in [-0.39, 0.29) is 0 Å². The van der Waals surface area contributed by atoms with E-state index in [1.807, 2.05) is 6.92 Å². The molecule has 2 heterocycles. The molecule has 2 aromatic rings. The van der Waals surface area contributed by atoms with Gasteiger partial charge in [0.25, 0.3) is 0 Å². The van der Waals surface area contributed by atoms with E-state index in [1.54, 1.807) is 0 Å². The summed E-state index contributed by atoms with van der Waals surface area (Å²) in [5, 5.41) is 7.52. The van der Waals surface area contributed by atoms with Gasteiger partial charge in [-0.25, -0.2) is 15.0 Å². The van der Waals surface area contributed by atoms with Crippen LogP contribution in [-0.2, 0) is 0 Å². The summed E-state index contributed by atoms with van der Waals surface area (Å²) in [6.07, 6.45) is 0. The number of rotatable bonds is 3. The van der Waals surface area contributed by atoms with Gasteiger partial charge >= 0.3 is 0 Å². The summed E-state index contributed by atoms with van der Waals surface area (Å²) in [5.74, 6) is 2.11. The van der Waals surface area contributed by atoms with Crippen LogP contribution in [0.25, 0.3) is 10.9 Å². The molecule has 0 bridgehead atoms. The predicted octanol–water partition coefficient (Wildman–Crippen LogP) is 2.07. The Morgan fingerprint density at radius 2 is 2.00 bits per heavy atom. The molecule has 0 radical (unpaired) electrons. The van der Waals surface area contributed by atoms with Crippen LogP contribution in [-0.4, -0.2) is 46.5 Å². The molecule has 6 nitrogen and oxygen atoms in total. The first-order valence-electron chi connectivity index (χ1n) is 7.71. The van der Waals surface area contributed by atoms with Crippen molar-refractivity contribution in [1.82, 2.24) is 20.2 Å². The van der Waals surface area contributed by atoms with Gasteiger partial charge in [0.2, 0.25) is 11.9 Å². The smallest absolute Gasteiger partial charge is 0.230 e. The number of hydrogen-bond donors (Lipinski definition) is 3. The molecule has 1 aromatic carbocycles. The summed E-state index contributed by atoms with van der Waals surface area (Å²) < 4.78 is 0. The van der Waals surface area contributed by atoms with Crippen LogP contribution < -0.4 is 10.6 Å². The maximum atomic E-state index is 4.62. The van der Waals surface area contributed by atoms with Gasteiger partial charge in [-0.3, -0.25) is 10.2 Å². The van der Waals surface area contributed by atoms with Crippen LogP contribution in [0.1, 0.15) is 16.8 Å². The highest BCUT2D eigenvalue weighted by Crippen LogP contribution is 2.21. The molecule has 1 aliphatic heterocycles. The van der Waals surface area contributed by atoms with E-state index in [1.165, 1.54) is 11.1 Å². The third kappa shape index (κ3) is 3.56. The average molecular weight is 330 g/mol. The van der Waals surface area contributed by atoms with Crippen molar-refractivity contribution in [3.63, 3.8) is 0 Å². The Hall–Kier alpha value is -1.86. The molecule has 0 saturated heterocycles. The predicted molar refractivity (Wildman–Crippen MR) is 98.2 cm³/mol. The number of benzene rings is 1. The van der Waals surface area contributed by atoms with Crippen molar-refractivity contribution in [1.29, 1.82) is 0 Å². The maximum Gasteiger partial charge on any atom is 0.230 e. The molecule has 122 valence electrons. The molecule has 1 aliphatic rings. The van der Waals surface area contributed by atoms with Gasteiger partial charge in [0.15, 0.2) is 0 Å². The number of thiol groups is 1. The van der Waals surface area contributed by atoms with Crippen LogP contribution in [0.5, 0.6) is 0 Å². The number of fused-ring (bicyclic) bond motifs is 1. The Balaban J connectivity index is 1.83. The molecule has 7 heteroatoms. The van der Waals surface area contributed by atoms with Gasteiger partial charge in [-0.05, 0) is 44.0 Å². The molecule has 0 unspecified atom stereocenters. The van der Waals surface area contributed by atoms with Gasteiger partial charge in [-0.1, -0.05) is 0 Å². The van der Waals surface area contributed by atoms with Crippen molar-refractivity contribution < 1.29 is 0 Å². The van der Waals surface area contributed by atoms with Gasteiger partial charge < -0.3 is 5.32 Å². The molecule has 0 atom stereocenters. The van der Waals surface area contributed by atoms with E-state index in [4.69, 9.17) is 0 Å². The third-order valence-electron chi connectivity index (χ3n) is 4.05. The highest BCUT2D eigenvalue weighted by Gasteiger charge is 2.13. The van der Waals surface area contributed by atoms with Crippen molar-refractivity contribution in [2.45, 2.75) is 20.8 Å². The van der Waals surface area contributed by atoms with Crippen molar-refractivity contribution in [3.05, 3.63) is 29.0 Å². The monoisotopic (exact) mass is 330 g/mol. The zero-order valence-corrected chi connectivity index (χ0v) is 14.6. The zero-order valence-electron chi connectivity index (χ0n) is 13.7. The van der Waals surface area contributed by atoms with Crippen molar-refractivity contribution in [3.8, 4) is 0 Å². The Morgan fingerprint density at radius 3 is 2.70 bits per heavy atom. The molecule has 1 aromatic heterocycles. The van der Waals surface area contributed by atoms with E-state index in [2.05, 4.69) is 69.1 Å². The van der Waals surface area contributed by atoms with Crippen molar-refractivity contribution >= 4 is 35.4 Å². The van der Waals surface area contributed by atoms with Gasteiger partial charge in [0.1, 0.15) is 0 Å². The second kappa shape index (κ2) is 6.72. The summed E-state index contributed by atoms with van der Waals surface area (Å²) in [4.78, 5) is 15.8. The summed E-state index contributed by atoms with van der Waals surface area (Å²) in [6, 6.07) is 4.25. The van der Waals surface area contributed by atoms with E-state index in [0.29, 0.717) is 18.6 Å². The van der Waals surface area contributed by atoms with Crippen LogP contribution in [0.4, 0.5) is 5.95 Å². The fraction of sp³-hybridized carbons (Fsp3) is 0.438. The minimum absolute atomic E-state index is 0.576. The van der Waals surface area contributed by atoms with Crippen LogP contribution in [0.15, 0.2) is 17.1 Å². The second-order valence-electron chi connectivity index (χ2n) is 5.81. The van der Waals surface area contributed by atoms with E-state index in [9.17, 15) is 0 Å². The number of aromatic nitrogens is 2.